The number of likely N-dealkylation sites (N-methyl/N-ethyl adjacent to an activating group) is 1. The van der Waals surface area contributed by atoms with E-state index in [1.165, 1.54) is 30.1 Å². The average Bonchev–Trinajstić information content (AvgIpc) is 2.85. The second-order valence-corrected chi connectivity index (χ2v) is 10.4. The molecule has 3 aromatic carbocycles. The van der Waals surface area contributed by atoms with Gasteiger partial charge in [0, 0.05) is 20.0 Å². The van der Waals surface area contributed by atoms with Crippen molar-refractivity contribution in [3.05, 3.63) is 101 Å². The molecule has 0 aliphatic carbocycles. The molecule has 9 heteroatoms. The first-order valence-electron chi connectivity index (χ1n) is 11.4. The highest BCUT2D eigenvalue weighted by Crippen LogP contribution is 2.23. The topological polar surface area (TPSA) is 86.8 Å². The predicted molar refractivity (Wildman–Crippen MR) is 138 cm³/mol. The summed E-state index contributed by atoms with van der Waals surface area (Å²) in [6.07, 6.45) is 1.13. The van der Waals surface area contributed by atoms with Crippen molar-refractivity contribution in [2.24, 2.45) is 0 Å². The van der Waals surface area contributed by atoms with Gasteiger partial charge in [0.1, 0.15) is 18.4 Å². The van der Waals surface area contributed by atoms with Crippen LogP contribution in [-0.2, 0) is 32.6 Å². The maximum atomic E-state index is 14.6. The predicted octanol–water partition coefficient (Wildman–Crippen LogP) is 3.29. The fourth-order valence-corrected chi connectivity index (χ4v) is 4.79. The quantitative estimate of drug-likeness (QED) is 0.453. The molecular formula is C27H30FN3O4S. The van der Waals surface area contributed by atoms with E-state index in [-0.39, 0.29) is 18.7 Å². The summed E-state index contributed by atoms with van der Waals surface area (Å²) in [4.78, 5) is 28.2. The molecule has 0 fully saturated rings. The molecular weight excluding hydrogens is 481 g/mol. The summed E-state index contributed by atoms with van der Waals surface area (Å²) in [5.74, 6) is -1.79. The summed E-state index contributed by atoms with van der Waals surface area (Å²) in [6, 6.07) is 21.1. The molecule has 0 saturated carbocycles. The molecule has 0 bridgehead atoms. The number of aryl methyl sites for hydroxylation is 1. The van der Waals surface area contributed by atoms with Gasteiger partial charge in [0.15, 0.2) is 0 Å². The maximum absolute atomic E-state index is 14.6. The van der Waals surface area contributed by atoms with Crippen molar-refractivity contribution in [3.8, 4) is 0 Å². The molecule has 7 nitrogen and oxygen atoms in total. The van der Waals surface area contributed by atoms with E-state index < -0.39 is 40.2 Å². The SMILES string of the molecule is CNC(=O)C(Cc1ccccc1)N(Cc1ccccc1C)C(=O)CN(c1ccccc1F)S(C)(=O)=O. The van der Waals surface area contributed by atoms with Crippen LogP contribution in [0.5, 0.6) is 0 Å². The lowest BCUT2D eigenvalue weighted by Gasteiger charge is -2.33. The standard InChI is InChI=1S/C27H30FN3O4S/c1-20-11-7-8-14-22(20)18-30(25(27(33)29-2)17-21-12-5-4-6-13-21)26(32)19-31(36(3,34)35)24-16-10-9-15-23(24)28/h4-16,25H,17-19H2,1-3H3,(H,29,33). The van der Waals surface area contributed by atoms with E-state index in [2.05, 4.69) is 5.32 Å². The third kappa shape index (κ3) is 6.69. The maximum Gasteiger partial charge on any atom is 0.244 e. The first kappa shape index (κ1) is 26.9. The van der Waals surface area contributed by atoms with Gasteiger partial charge in [0.05, 0.1) is 11.9 Å². The molecule has 0 aliphatic rings. The van der Waals surface area contributed by atoms with Crippen LogP contribution in [0.1, 0.15) is 16.7 Å². The molecule has 0 radical (unpaired) electrons. The number of para-hydroxylation sites is 1. The highest BCUT2D eigenvalue weighted by Gasteiger charge is 2.33. The second-order valence-electron chi connectivity index (χ2n) is 8.49. The Labute approximate surface area is 211 Å². The number of benzene rings is 3. The normalized spacial score (nSPS) is 12.0. The van der Waals surface area contributed by atoms with Crippen LogP contribution >= 0.6 is 0 Å². The first-order chi connectivity index (χ1) is 17.1. The van der Waals surface area contributed by atoms with Crippen molar-refractivity contribution in [3.63, 3.8) is 0 Å². The first-order valence-corrected chi connectivity index (χ1v) is 13.3. The van der Waals surface area contributed by atoms with Gasteiger partial charge in [-0.25, -0.2) is 12.8 Å². The fourth-order valence-electron chi connectivity index (χ4n) is 3.94. The van der Waals surface area contributed by atoms with Gasteiger partial charge in [-0.3, -0.25) is 13.9 Å². The lowest BCUT2D eigenvalue weighted by Crippen LogP contribution is -2.53. The lowest BCUT2D eigenvalue weighted by atomic mass is 10.0. The van der Waals surface area contributed by atoms with Crippen LogP contribution < -0.4 is 9.62 Å². The molecule has 0 spiro atoms. The molecule has 190 valence electrons. The van der Waals surface area contributed by atoms with Crippen molar-refractivity contribution in [1.82, 2.24) is 10.2 Å². The fraction of sp³-hybridized carbons (Fsp3) is 0.259. The highest BCUT2D eigenvalue weighted by atomic mass is 32.2. The van der Waals surface area contributed by atoms with Gasteiger partial charge < -0.3 is 10.2 Å². The largest absolute Gasteiger partial charge is 0.357 e. The summed E-state index contributed by atoms with van der Waals surface area (Å²) >= 11 is 0. The zero-order valence-electron chi connectivity index (χ0n) is 20.5. The van der Waals surface area contributed by atoms with Gasteiger partial charge in [0.25, 0.3) is 0 Å². The van der Waals surface area contributed by atoms with Gasteiger partial charge in [-0.05, 0) is 35.7 Å². The molecule has 36 heavy (non-hydrogen) atoms. The highest BCUT2D eigenvalue weighted by molar-refractivity contribution is 7.92. The zero-order chi connectivity index (χ0) is 26.3. The summed E-state index contributed by atoms with van der Waals surface area (Å²) in [5.41, 5.74) is 2.33. The van der Waals surface area contributed by atoms with Crippen LogP contribution in [0.4, 0.5) is 10.1 Å². The van der Waals surface area contributed by atoms with E-state index in [1.807, 2.05) is 61.5 Å². The smallest absolute Gasteiger partial charge is 0.244 e. The Morgan fingerprint density at radius 2 is 1.56 bits per heavy atom. The third-order valence-corrected chi connectivity index (χ3v) is 7.05. The van der Waals surface area contributed by atoms with Crippen molar-refractivity contribution >= 4 is 27.5 Å². The minimum absolute atomic E-state index is 0.0747. The number of halogens is 1. The van der Waals surface area contributed by atoms with Crippen molar-refractivity contribution in [2.45, 2.75) is 25.9 Å². The molecule has 1 N–H and O–H groups in total. The molecule has 3 aromatic rings. The molecule has 0 saturated heterocycles. The summed E-state index contributed by atoms with van der Waals surface area (Å²) < 4.78 is 40.5. The number of amides is 2. The number of sulfonamides is 1. The van der Waals surface area contributed by atoms with Crippen LogP contribution in [0.2, 0.25) is 0 Å². The lowest BCUT2D eigenvalue weighted by molar-refractivity contribution is -0.139. The number of hydrogen-bond donors (Lipinski definition) is 1. The van der Waals surface area contributed by atoms with Crippen molar-refractivity contribution < 1.29 is 22.4 Å². The van der Waals surface area contributed by atoms with Gasteiger partial charge in [-0.2, -0.15) is 0 Å². The van der Waals surface area contributed by atoms with Crippen LogP contribution in [-0.4, -0.2) is 51.0 Å². The average molecular weight is 512 g/mol. The Balaban J connectivity index is 2.05. The number of rotatable bonds is 10. The third-order valence-electron chi connectivity index (χ3n) is 5.92. The van der Waals surface area contributed by atoms with Crippen molar-refractivity contribution in [1.29, 1.82) is 0 Å². The molecule has 0 heterocycles. The summed E-state index contributed by atoms with van der Waals surface area (Å²) in [7, 11) is -2.53. The van der Waals surface area contributed by atoms with Crippen LogP contribution in [0.3, 0.4) is 0 Å². The van der Waals surface area contributed by atoms with Crippen molar-refractivity contribution in [2.75, 3.05) is 24.2 Å². The molecule has 1 atom stereocenters. The molecule has 1 unspecified atom stereocenters. The number of hydrogen-bond acceptors (Lipinski definition) is 4. The Morgan fingerprint density at radius 1 is 0.944 bits per heavy atom. The summed E-state index contributed by atoms with van der Waals surface area (Å²) in [6.45, 7) is 1.31. The number of carbonyl (C=O) groups excluding carboxylic acids is 2. The summed E-state index contributed by atoms with van der Waals surface area (Å²) in [5, 5.41) is 2.62. The van der Waals surface area contributed by atoms with Gasteiger partial charge in [0.2, 0.25) is 21.8 Å². The number of nitrogens with zero attached hydrogens (tertiary/aromatic N) is 2. The molecule has 3 rings (SSSR count). The number of anilines is 1. The Kier molecular flexibility index (Phi) is 8.82. The van der Waals surface area contributed by atoms with E-state index in [4.69, 9.17) is 0 Å². The second kappa shape index (κ2) is 11.8. The van der Waals surface area contributed by atoms with E-state index in [9.17, 15) is 22.4 Å². The van der Waals surface area contributed by atoms with E-state index in [0.717, 1.165) is 33.3 Å². The van der Waals surface area contributed by atoms with Gasteiger partial charge in [-0.15, -0.1) is 0 Å². The van der Waals surface area contributed by atoms with E-state index in [1.54, 1.807) is 0 Å². The van der Waals surface area contributed by atoms with Gasteiger partial charge in [-0.1, -0.05) is 66.7 Å². The minimum atomic E-state index is -4.02. The van der Waals surface area contributed by atoms with Crippen LogP contribution in [0.15, 0.2) is 78.9 Å². The molecule has 2 amide bonds. The van der Waals surface area contributed by atoms with E-state index in [0.29, 0.717) is 0 Å². The van der Waals surface area contributed by atoms with Gasteiger partial charge >= 0.3 is 0 Å². The Bertz CT molecular complexity index is 1320. The van der Waals surface area contributed by atoms with Crippen LogP contribution in [0, 0.1) is 12.7 Å². The van der Waals surface area contributed by atoms with E-state index >= 15 is 0 Å². The Morgan fingerprint density at radius 3 is 2.17 bits per heavy atom. The Hall–Kier alpha value is -3.72. The molecule has 0 aliphatic heterocycles. The zero-order valence-corrected chi connectivity index (χ0v) is 21.3. The molecule has 0 aromatic heterocycles. The number of nitrogens with one attached hydrogen (secondary N) is 1. The minimum Gasteiger partial charge on any atom is -0.357 e. The number of carbonyl (C=O) groups is 2. The monoisotopic (exact) mass is 511 g/mol. The van der Waals surface area contributed by atoms with Crippen LogP contribution in [0.25, 0.3) is 0 Å².